The van der Waals surface area contributed by atoms with Gasteiger partial charge in [-0.2, -0.15) is 28.2 Å². The van der Waals surface area contributed by atoms with Crippen LogP contribution in [0.25, 0.3) is 5.69 Å². The number of alkyl halides is 3. The van der Waals surface area contributed by atoms with Crippen molar-refractivity contribution in [2.24, 2.45) is 5.92 Å². The maximum absolute atomic E-state index is 13.7. The first kappa shape index (κ1) is 22.8. The van der Waals surface area contributed by atoms with Gasteiger partial charge in [-0.1, -0.05) is 24.6 Å². The summed E-state index contributed by atoms with van der Waals surface area (Å²) >= 11 is 0. The van der Waals surface area contributed by atoms with E-state index >= 15 is 0 Å². The maximum Gasteiger partial charge on any atom is 0.433 e. The first-order valence-corrected chi connectivity index (χ1v) is 10.8. The van der Waals surface area contributed by atoms with Gasteiger partial charge < -0.3 is 10.2 Å². The van der Waals surface area contributed by atoms with Crippen molar-refractivity contribution in [3.63, 3.8) is 0 Å². The standard InChI is InChI=1S/C23H25F3N6O/c1-15-8-9-18(32-28-10-11-29-32)17(13-15)22(33)31-12-4-5-16(2)19(31)14-27-21-7-3-6-20(30-21)23(24,25)26/h3,6-11,13,16,19H,4-5,12,14H2,1-2H3,(H,27,30). The Hall–Kier alpha value is -3.43. The Balaban J connectivity index is 1.59. The summed E-state index contributed by atoms with van der Waals surface area (Å²) in [5.41, 5.74) is 1.05. The maximum atomic E-state index is 13.7. The Bertz CT molecular complexity index is 1120. The summed E-state index contributed by atoms with van der Waals surface area (Å²) in [6.07, 6.45) is 0.359. The number of pyridine rings is 1. The quantitative estimate of drug-likeness (QED) is 0.616. The van der Waals surface area contributed by atoms with Gasteiger partial charge in [-0.15, -0.1) is 0 Å². The fraction of sp³-hybridized carbons (Fsp3) is 0.391. The van der Waals surface area contributed by atoms with E-state index in [2.05, 4.69) is 27.4 Å². The number of halogens is 3. The number of carbonyl (C=O) groups excluding carboxylic acids is 1. The number of benzene rings is 1. The van der Waals surface area contributed by atoms with Gasteiger partial charge in [0.25, 0.3) is 5.91 Å². The van der Waals surface area contributed by atoms with Crippen LogP contribution in [-0.2, 0) is 6.18 Å². The van der Waals surface area contributed by atoms with E-state index in [0.717, 1.165) is 24.5 Å². The highest BCUT2D eigenvalue weighted by atomic mass is 19.4. The van der Waals surface area contributed by atoms with Crippen LogP contribution in [0.1, 0.15) is 41.4 Å². The third-order valence-corrected chi connectivity index (χ3v) is 5.93. The van der Waals surface area contributed by atoms with E-state index in [1.807, 2.05) is 25.1 Å². The van der Waals surface area contributed by atoms with Crippen LogP contribution in [-0.4, -0.2) is 49.9 Å². The number of aryl methyl sites for hydroxylation is 1. The van der Waals surface area contributed by atoms with E-state index in [1.165, 1.54) is 16.9 Å². The van der Waals surface area contributed by atoms with Gasteiger partial charge in [-0.25, -0.2) is 4.98 Å². The third kappa shape index (κ3) is 4.99. The summed E-state index contributed by atoms with van der Waals surface area (Å²) in [4.78, 5) is 20.6. The molecule has 7 nitrogen and oxygen atoms in total. The van der Waals surface area contributed by atoms with E-state index in [-0.39, 0.29) is 23.7 Å². The molecule has 1 fully saturated rings. The molecule has 0 radical (unpaired) electrons. The zero-order chi connectivity index (χ0) is 23.6. The van der Waals surface area contributed by atoms with E-state index < -0.39 is 11.9 Å². The lowest BCUT2D eigenvalue weighted by molar-refractivity contribution is -0.141. The van der Waals surface area contributed by atoms with Crippen molar-refractivity contribution in [1.29, 1.82) is 0 Å². The number of hydrogen-bond acceptors (Lipinski definition) is 5. The number of likely N-dealkylation sites (tertiary alicyclic amines) is 1. The first-order valence-electron chi connectivity index (χ1n) is 10.8. The average Bonchev–Trinajstić information content (AvgIpc) is 3.32. The number of carbonyl (C=O) groups is 1. The molecule has 4 rings (SSSR count). The van der Waals surface area contributed by atoms with E-state index in [9.17, 15) is 18.0 Å². The Morgan fingerprint density at radius 2 is 1.94 bits per heavy atom. The lowest BCUT2D eigenvalue weighted by Crippen LogP contribution is -2.51. The molecule has 3 heterocycles. The van der Waals surface area contributed by atoms with Crippen molar-refractivity contribution in [2.45, 2.75) is 38.9 Å². The fourth-order valence-corrected chi connectivity index (χ4v) is 4.20. The molecule has 174 valence electrons. The molecule has 2 unspecified atom stereocenters. The largest absolute Gasteiger partial charge is 0.433 e. The fourth-order valence-electron chi connectivity index (χ4n) is 4.20. The molecule has 3 aromatic rings. The molecule has 1 saturated heterocycles. The van der Waals surface area contributed by atoms with Crippen LogP contribution >= 0.6 is 0 Å². The predicted octanol–water partition coefficient (Wildman–Crippen LogP) is 4.34. The zero-order valence-corrected chi connectivity index (χ0v) is 18.4. The lowest BCUT2D eigenvalue weighted by atomic mass is 9.89. The number of amides is 1. The van der Waals surface area contributed by atoms with Crippen molar-refractivity contribution in [1.82, 2.24) is 24.9 Å². The van der Waals surface area contributed by atoms with Crippen LogP contribution in [0.3, 0.4) is 0 Å². The molecular weight excluding hydrogens is 433 g/mol. The molecule has 2 aromatic heterocycles. The molecule has 0 saturated carbocycles. The Kier molecular flexibility index (Phi) is 6.35. The number of piperidine rings is 1. The van der Waals surface area contributed by atoms with Crippen LogP contribution in [0.15, 0.2) is 48.8 Å². The van der Waals surface area contributed by atoms with Crippen LogP contribution < -0.4 is 5.32 Å². The zero-order valence-electron chi connectivity index (χ0n) is 18.4. The smallest absolute Gasteiger partial charge is 0.368 e. The van der Waals surface area contributed by atoms with Crippen LogP contribution in [0, 0.1) is 12.8 Å². The monoisotopic (exact) mass is 458 g/mol. The summed E-state index contributed by atoms with van der Waals surface area (Å²) in [6, 6.07) is 9.08. The van der Waals surface area contributed by atoms with E-state index in [1.54, 1.807) is 17.3 Å². The number of aromatic nitrogens is 4. The van der Waals surface area contributed by atoms with Gasteiger partial charge in [0.05, 0.1) is 29.7 Å². The molecule has 2 atom stereocenters. The number of anilines is 1. The molecule has 1 N–H and O–H groups in total. The van der Waals surface area contributed by atoms with Gasteiger partial charge in [-0.3, -0.25) is 4.79 Å². The second-order valence-electron chi connectivity index (χ2n) is 8.31. The highest BCUT2D eigenvalue weighted by Crippen LogP contribution is 2.29. The summed E-state index contributed by atoms with van der Waals surface area (Å²) in [5, 5.41) is 11.3. The van der Waals surface area contributed by atoms with Crippen LogP contribution in [0.2, 0.25) is 0 Å². The number of nitrogens with one attached hydrogen (secondary N) is 1. The predicted molar refractivity (Wildman–Crippen MR) is 117 cm³/mol. The minimum absolute atomic E-state index is 0.131. The SMILES string of the molecule is Cc1ccc(-n2nccn2)c(C(=O)N2CCCC(C)C2CNc2cccc(C(F)(F)F)n2)c1. The van der Waals surface area contributed by atoms with E-state index in [4.69, 9.17) is 0 Å². The van der Waals surface area contributed by atoms with Gasteiger partial charge in [0.15, 0.2) is 0 Å². The molecule has 1 aliphatic rings. The van der Waals surface area contributed by atoms with Gasteiger partial charge in [-0.05, 0) is 49.9 Å². The van der Waals surface area contributed by atoms with Gasteiger partial charge >= 0.3 is 6.18 Å². The molecular formula is C23H25F3N6O. The highest BCUT2D eigenvalue weighted by Gasteiger charge is 2.35. The minimum Gasteiger partial charge on any atom is -0.368 e. The normalized spacial score (nSPS) is 18.9. The summed E-state index contributed by atoms with van der Waals surface area (Å²) in [6.45, 7) is 4.82. The number of nitrogens with zero attached hydrogens (tertiary/aromatic N) is 5. The van der Waals surface area contributed by atoms with Gasteiger partial charge in [0.1, 0.15) is 11.5 Å². The van der Waals surface area contributed by atoms with Crippen LogP contribution in [0.5, 0.6) is 0 Å². The molecule has 10 heteroatoms. The molecule has 0 aliphatic carbocycles. The van der Waals surface area contributed by atoms with Gasteiger partial charge in [0, 0.05) is 13.1 Å². The molecule has 1 aromatic carbocycles. The lowest BCUT2D eigenvalue weighted by Gasteiger charge is -2.40. The number of hydrogen-bond donors (Lipinski definition) is 1. The Morgan fingerprint density at radius 1 is 1.18 bits per heavy atom. The van der Waals surface area contributed by atoms with E-state index in [0.29, 0.717) is 24.3 Å². The minimum atomic E-state index is -4.51. The van der Waals surface area contributed by atoms with Crippen molar-refractivity contribution in [2.75, 3.05) is 18.4 Å². The molecule has 0 spiro atoms. The van der Waals surface area contributed by atoms with Crippen molar-refractivity contribution in [3.05, 3.63) is 65.6 Å². The molecule has 0 bridgehead atoms. The molecule has 1 amide bonds. The van der Waals surface area contributed by atoms with Crippen molar-refractivity contribution in [3.8, 4) is 5.69 Å². The highest BCUT2D eigenvalue weighted by molar-refractivity contribution is 5.98. The summed E-state index contributed by atoms with van der Waals surface area (Å²) < 4.78 is 39.0. The third-order valence-electron chi connectivity index (χ3n) is 5.93. The van der Waals surface area contributed by atoms with Crippen molar-refractivity contribution < 1.29 is 18.0 Å². The van der Waals surface area contributed by atoms with Gasteiger partial charge in [0.2, 0.25) is 0 Å². The summed E-state index contributed by atoms with van der Waals surface area (Å²) in [5.74, 6) is 0.144. The first-order chi connectivity index (χ1) is 15.7. The molecule has 1 aliphatic heterocycles. The second kappa shape index (κ2) is 9.21. The average molecular weight is 458 g/mol. The van der Waals surface area contributed by atoms with Crippen molar-refractivity contribution >= 4 is 11.7 Å². The topological polar surface area (TPSA) is 75.9 Å². The Labute approximate surface area is 189 Å². The number of rotatable bonds is 5. The molecule has 33 heavy (non-hydrogen) atoms. The second-order valence-corrected chi connectivity index (χ2v) is 8.31. The van der Waals surface area contributed by atoms with Crippen LogP contribution in [0.4, 0.5) is 19.0 Å². The Morgan fingerprint density at radius 3 is 2.67 bits per heavy atom. The summed E-state index contributed by atoms with van der Waals surface area (Å²) in [7, 11) is 0.